The average molecular weight is 359 g/mol. The number of hydrogen-bond acceptors (Lipinski definition) is 5. The van der Waals surface area contributed by atoms with Crippen molar-refractivity contribution in [3.05, 3.63) is 59.4 Å². The molecule has 4 N–H and O–H groups in total. The summed E-state index contributed by atoms with van der Waals surface area (Å²) in [5, 5.41) is 4.80. The summed E-state index contributed by atoms with van der Waals surface area (Å²) < 4.78 is 28.0. The van der Waals surface area contributed by atoms with E-state index in [1.165, 1.54) is 24.4 Å². The van der Waals surface area contributed by atoms with Gasteiger partial charge in [-0.25, -0.2) is 18.8 Å². The smallest absolute Gasteiger partial charge is 0.277 e. The molecule has 0 radical (unpaired) electrons. The minimum absolute atomic E-state index is 0.0783. The zero-order valence-corrected chi connectivity index (χ0v) is 13.7. The van der Waals surface area contributed by atoms with Crippen LogP contribution in [0.25, 0.3) is 0 Å². The number of aliphatic imine (C=N–C) groups is 1. The summed E-state index contributed by atoms with van der Waals surface area (Å²) in [4.78, 5) is 31.7. The molecule has 1 atom stereocenters. The summed E-state index contributed by atoms with van der Waals surface area (Å²) in [6.45, 7) is 1.56. The van der Waals surface area contributed by atoms with Crippen molar-refractivity contribution >= 4 is 23.5 Å². The Hall–Kier alpha value is -3.36. The number of nitrogens with one attached hydrogen (secondary N) is 2. The van der Waals surface area contributed by atoms with Crippen molar-refractivity contribution in [3.8, 4) is 0 Å². The number of carbonyl (C=O) groups excluding carboxylic acids is 2. The fourth-order valence-electron chi connectivity index (χ4n) is 2.75. The molecule has 1 aliphatic heterocycles. The van der Waals surface area contributed by atoms with Gasteiger partial charge in [-0.15, -0.1) is 0 Å². The summed E-state index contributed by atoms with van der Waals surface area (Å²) in [6.07, 6.45) is 1.17. The maximum Gasteiger partial charge on any atom is 0.277 e. The zero-order valence-electron chi connectivity index (χ0n) is 13.7. The van der Waals surface area contributed by atoms with Gasteiger partial charge in [0.05, 0.1) is 12.0 Å². The van der Waals surface area contributed by atoms with Crippen LogP contribution >= 0.6 is 0 Å². The Morgan fingerprint density at radius 3 is 2.77 bits per heavy atom. The first-order valence-electron chi connectivity index (χ1n) is 7.65. The number of nitrogens with zero attached hydrogens (tertiary/aromatic N) is 2. The quantitative estimate of drug-likeness (QED) is 0.774. The van der Waals surface area contributed by atoms with Gasteiger partial charge in [-0.05, 0) is 37.3 Å². The third-order valence-corrected chi connectivity index (χ3v) is 3.92. The van der Waals surface area contributed by atoms with Gasteiger partial charge in [0.1, 0.15) is 5.82 Å². The number of hydrogen-bond donors (Lipinski definition) is 3. The van der Waals surface area contributed by atoms with Gasteiger partial charge in [0.25, 0.3) is 5.91 Å². The predicted octanol–water partition coefficient (Wildman–Crippen LogP) is 1.66. The molecule has 2 heterocycles. The number of benzene rings is 1. The van der Waals surface area contributed by atoms with E-state index in [9.17, 15) is 18.4 Å². The molecular weight excluding hydrogens is 344 g/mol. The normalized spacial score (nSPS) is 19.5. The van der Waals surface area contributed by atoms with Crippen molar-refractivity contribution in [1.82, 2.24) is 10.3 Å². The molecule has 26 heavy (non-hydrogen) atoms. The van der Waals surface area contributed by atoms with Gasteiger partial charge in [-0.2, -0.15) is 0 Å². The number of amides is 2. The fourth-order valence-corrected chi connectivity index (χ4v) is 2.75. The van der Waals surface area contributed by atoms with Gasteiger partial charge >= 0.3 is 0 Å². The van der Waals surface area contributed by atoms with Crippen LogP contribution in [0, 0.1) is 11.6 Å². The van der Waals surface area contributed by atoms with Crippen LogP contribution in [0.2, 0.25) is 0 Å². The Labute approximate surface area is 147 Å². The maximum absolute atomic E-state index is 14.4. The van der Waals surface area contributed by atoms with E-state index in [0.717, 1.165) is 12.1 Å². The van der Waals surface area contributed by atoms with Gasteiger partial charge in [0.2, 0.25) is 5.91 Å². The second kappa shape index (κ2) is 6.51. The monoisotopic (exact) mass is 359 g/mol. The van der Waals surface area contributed by atoms with E-state index in [4.69, 9.17) is 5.73 Å². The Morgan fingerprint density at radius 1 is 1.31 bits per heavy atom. The van der Waals surface area contributed by atoms with Crippen LogP contribution in [0.15, 0.2) is 41.5 Å². The van der Waals surface area contributed by atoms with Crippen LogP contribution in [0.5, 0.6) is 0 Å². The molecule has 3 rings (SSSR count). The first-order chi connectivity index (χ1) is 12.3. The highest BCUT2D eigenvalue weighted by Crippen LogP contribution is 2.34. The molecule has 0 saturated carbocycles. The lowest BCUT2D eigenvalue weighted by atomic mass is 9.87. The summed E-state index contributed by atoms with van der Waals surface area (Å²) in [5.74, 6) is -2.69. The summed E-state index contributed by atoms with van der Waals surface area (Å²) in [5.41, 5.74) is 4.25. The van der Waals surface area contributed by atoms with E-state index in [-0.39, 0.29) is 29.3 Å². The molecule has 1 aromatic carbocycles. The molecule has 0 fully saturated rings. The fraction of sp³-hybridized carbons (Fsp3) is 0.176. The first kappa shape index (κ1) is 17.5. The molecule has 0 bridgehead atoms. The van der Waals surface area contributed by atoms with E-state index in [0.29, 0.717) is 0 Å². The third-order valence-electron chi connectivity index (χ3n) is 3.92. The van der Waals surface area contributed by atoms with Crippen molar-refractivity contribution in [2.45, 2.75) is 18.9 Å². The zero-order chi connectivity index (χ0) is 18.9. The van der Waals surface area contributed by atoms with Gasteiger partial charge in [-0.3, -0.25) is 14.9 Å². The third kappa shape index (κ3) is 3.37. The lowest BCUT2D eigenvalue weighted by Crippen LogP contribution is -2.46. The van der Waals surface area contributed by atoms with Crippen molar-refractivity contribution in [1.29, 1.82) is 0 Å². The number of halogens is 2. The standard InChI is InChI=1S/C17H15F2N5O2/c1-17(8-13(25)23-16(20)24-17)10-7-9(4-5-11(10)18)22-15(26)14-12(19)3-2-6-21-14/h2-7H,8H2,1H3,(H,22,26)(H3,20,23,24,25). The van der Waals surface area contributed by atoms with Crippen LogP contribution in [-0.4, -0.2) is 22.8 Å². The van der Waals surface area contributed by atoms with Crippen molar-refractivity contribution in [2.75, 3.05) is 5.32 Å². The molecule has 1 aromatic heterocycles. The van der Waals surface area contributed by atoms with E-state index in [1.807, 2.05) is 0 Å². The van der Waals surface area contributed by atoms with Crippen LogP contribution in [-0.2, 0) is 10.3 Å². The van der Waals surface area contributed by atoms with Crippen molar-refractivity contribution in [2.24, 2.45) is 10.7 Å². The van der Waals surface area contributed by atoms with Gasteiger partial charge in [0.15, 0.2) is 17.5 Å². The number of anilines is 1. The number of aromatic nitrogens is 1. The highest BCUT2D eigenvalue weighted by molar-refractivity contribution is 6.03. The van der Waals surface area contributed by atoms with Crippen molar-refractivity contribution in [3.63, 3.8) is 0 Å². The van der Waals surface area contributed by atoms with Crippen molar-refractivity contribution < 1.29 is 18.4 Å². The van der Waals surface area contributed by atoms with E-state index in [1.54, 1.807) is 6.92 Å². The van der Waals surface area contributed by atoms with E-state index in [2.05, 4.69) is 20.6 Å². The highest BCUT2D eigenvalue weighted by Gasteiger charge is 2.36. The molecule has 0 aliphatic carbocycles. The Bertz CT molecular complexity index is 931. The highest BCUT2D eigenvalue weighted by atomic mass is 19.1. The largest absolute Gasteiger partial charge is 0.370 e. The van der Waals surface area contributed by atoms with Crippen LogP contribution in [0.1, 0.15) is 29.4 Å². The summed E-state index contributed by atoms with van der Waals surface area (Å²) >= 11 is 0. The number of guanidine groups is 1. The van der Waals surface area contributed by atoms with Crippen LogP contribution in [0.4, 0.5) is 14.5 Å². The molecule has 0 spiro atoms. The molecule has 134 valence electrons. The summed E-state index contributed by atoms with van der Waals surface area (Å²) in [7, 11) is 0. The Morgan fingerprint density at radius 2 is 2.08 bits per heavy atom. The number of pyridine rings is 1. The molecule has 0 saturated heterocycles. The second-order valence-electron chi connectivity index (χ2n) is 5.98. The Balaban J connectivity index is 1.94. The lowest BCUT2D eigenvalue weighted by Gasteiger charge is -2.30. The maximum atomic E-state index is 14.4. The number of rotatable bonds is 3. The SMILES string of the molecule is CC1(c2cc(NC(=O)c3ncccc3F)ccc2F)CC(=O)NC(N)=N1. The molecule has 2 aromatic rings. The molecule has 1 aliphatic rings. The molecule has 2 amide bonds. The van der Waals surface area contributed by atoms with E-state index < -0.39 is 29.0 Å². The van der Waals surface area contributed by atoms with Gasteiger partial charge < -0.3 is 11.1 Å². The minimum Gasteiger partial charge on any atom is -0.370 e. The Kier molecular flexibility index (Phi) is 4.37. The second-order valence-corrected chi connectivity index (χ2v) is 5.98. The number of carbonyl (C=O) groups is 2. The molecular formula is C17H15F2N5O2. The molecule has 1 unspecified atom stereocenters. The number of nitrogens with two attached hydrogens (primary N) is 1. The first-order valence-corrected chi connectivity index (χ1v) is 7.65. The average Bonchev–Trinajstić information content (AvgIpc) is 2.55. The minimum atomic E-state index is -1.23. The van der Waals surface area contributed by atoms with Crippen LogP contribution in [0.3, 0.4) is 0 Å². The molecule has 7 nitrogen and oxygen atoms in total. The predicted molar refractivity (Wildman–Crippen MR) is 90.3 cm³/mol. The van der Waals surface area contributed by atoms with Crippen LogP contribution < -0.4 is 16.4 Å². The van der Waals surface area contributed by atoms with Gasteiger partial charge in [-0.1, -0.05) is 0 Å². The molecule has 9 heteroatoms. The topological polar surface area (TPSA) is 109 Å². The van der Waals surface area contributed by atoms with Gasteiger partial charge in [0, 0.05) is 17.4 Å². The lowest BCUT2D eigenvalue weighted by molar-refractivity contribution is -0.121. The summed E-state index contributed by atoms with van der Waals surface area (Å²) in [6, 6.07) is 6.25. The van der Waals surface area contributed by atoms with E-state index >= 15 is 0 Å².